The Balaban J connectivity index is 1.60. The van der Waals surface area contributed by atoms with Gasteiger partial charge in [-0.25, -0.2) is 4.79 Å². The first-order valence-electron chi connectivity index (χ1n) is 12.1. The number of carbonyl (C=O) groups excluding carboxylic acids is 2. The van der Waals surface area contributed by atoms with Crippen LogP contribution in [0.25, 0.3) is 21.2 Å². The van der Waals surface area contributed by atoms with Crippen molar-refractivity contribution in [2.24, 2.45) is 11.7 Å². The molecular weight excluding hydrogens is 494 g/mol. The van der Waals surface area contributed by atoms with E-state index in [-0.39, 0.29) is 30.3 Å². The van der Waals surface area contributed by atoms with Crippen LogP contribution in [0.2, 0.25) is 0 Å². The van der Waals surface area contributed by atoms with Crippen molar-refractivity contribution in [2.75, 3.05) is 13.7 Å². The van der Waals surface area contributed by atoms with Crippen LogP contribution in [-0.2, 0) is 27.3 Å². The minimum absolute atomic E-state index is 0.0497. The average molecular weight is 524 g/mol. The summed E-state index contributed by atoms with van der Waals surface area (Å²) in [5.74, 6) is -1.61. The van der Waals surface area contributed by atoms with Gasteiger partial charge >= 0.3 is 5.97 Å². The van der Waals surface area contributed by atoms with Gasteiger partial charge < -0.3 is 20.7 Å². The summed E-state index contributed by atoms with van der Waals surface area (Å²) in [4.78, 5) is 40.5. The van der Waals surface area contributed by atoms with Gasteiger partial charge in [-0.3, -0.25) is 18.4 Å². The van der Waals surface area contributed by atoms with E-state index < -0.39 is 29.6 Å². The molecule has 9 nitrogen and oxygen atoms in total. The lowest BCUT2D eigenvalue weighted by atomic mass is 9.71. The molecule has 2 aromatic carbocycles. The van der Waals surface area contributed by atoms with Crippen LogP contribution in [0, 0.1) is 5.92 Å². The lowest BCUT2D eigenvalue weighted by Gasteiger charge is -2.54. The number of carbonyl (C=O) groups is 2. The first-order chi connectivity index (χ1) is 17.6. The maximum atomic E-state index is 13.5. The quantitative estimate of drug-likeness (QED) is 0.316. The van der Waals surface area contributed by atoms with Gasteiger partial charge in [-0.1, -0.05) is 48.8 Å². The number of nitrogens with zero attached hydrogens (tertiary/aromatic N) is 2. The van der Waals surface area contributed by atoms with Crippen LogP contribution in [0.15, 0.2) is 58.5 Å². The van der Waals surface area contributed by atoms with Gasteiger partial charge in [0.25, 0.3) is 11.5 Å². The molecule has 10 heteroatoms. The number of rotatable bonds is 7. The average Bonchev–Trinajstić information content (AvgIpc) is 3.35. The van der Waals surface area contributed by atoms with Crippen molar-refractivity contribution in [2.45, 2.75) is 44.5 Å². The number of methoxy groups -OCH3 is 1. The van der Waals surface area contributed by atoms with Crippen LogP contribution in [0.1, 0.15) is 19.4 Å². The summed E-state index contributed by atoms with van der Waals surface area (Å²) in [7, 11) is 1.24. The molecule has 0 aliphatic carbocycles. The standard InChI is InChI=1S/C27H29N3O6S/c1-14-20(22(25(34)36-3)30-23(14)27(28,15(2)32)26(30)35)13-29-24(33)19-11-17(9-10-31)18(12-21(19)37-29)16-7-5-4-6-8-16/h4-8,11-12,14-15,23,31-32H,9-10,13,28H2,1-3H3/t14-,15+,23?,27-/m0/s1. The highest BCUT2D eigenvalue weighted by atomic mass is 32.1. The molecule has 4 atom stereocenters. The van der Waals surface area contributed by atoms with Crippen molar-refractivity contribution in [1.82, 2.24) is 8.86 Å². The van der Waals surface area contributed by atoms with Gasteiger partial charge in [0.05, 0.1) is 35.9 Å². The summed E-state index contributed by atoms with van der Waals surface area (Å²) in [6.45, 7) is 3.33. The minimum Gasteiger partial charge on any atom is -0.464 e. The SMILES string of the molecule is COC(=O)C1=C(Cn2sc3cc(-c4ccccc4)c(CCO)cc3c2=O)[C@H](C)C2N1C(=O)[C@]2(N)[C@@H](C)O. The van der Waals surface area contributed by atoms with E-state index in [0.717, 1.165) is 21.4 Å². The highest BCUT2D eigenvalue weighted by molar-refractivity contribution is 7.13. The van der Waals surface area contributed by atoms with Crippen molar-refractivity contribution in [3.8, 4) is 11.1 Å². The Bertz CT molecular complexity index is 1490. The van der Waals surface area contributed by atoms with Crippen LogP contribution in [-0.4, -0.2) is 62.3 Å². The second kappa shape index (κ2) is 9.21. The van der Waals surface area contributed by atoms with Crippen molar-refractivity contribution in [3.63, 3.8) is 0 Å². The van der Waals surface area contributed by atoms with Crippen LogP contribution < -0.4 is 11.3 Å². The number of aliphatic hydroxyl groups excluding tert-OH is 2. The number of aliphatic hydroxyl groups is 2. The first-order valence-corrected chi connectivity index (χ1v) is 12.9. The van der Waals surface area contributed by atoms with Crippen molar-refractivity contribution < 1.29 is 24.5 Å². The molecule has 37 heavy (non-hydrogen) atoms. The molecule has 1 amide bonds. The molecule has 5 rings (SSSR count). The van der Waals surface area contributed by atoms with E-state index in [9.17, 15) is 24.6 Å². The number of nitrogens with two attached hydrogens (primary N) is 1. The van der Waals surface area contributed by atoms with Gasteiger partial charge in [0.1, 0.15) is 11.2 Å². The largest absolute Gasteiger partial charge is 0.464 e. The van der Waals surface area contributed by atoms with Crippen LogP contribution in [0.3, 0.4) is 0 Å². The molecule has 1 aromatic heterocycles. The highest BCUT2D eigenvalue weighted by Gasteiger charge is 2.68. The molecule has 0 bridgehead atoms. The zero-order chi connectivity index (χ0) is 26.6. The number of hydrogen-bond donors (Lipinski definition) is 3. The Kier molecular flexibility index (Phi) is 6.31. The summed E-state index contributed by atoms with van der Waals surface area (Å²) in [6, 6.07) is 12.9. The maximum absolute atomic E-state index is 13.5. The van der Waals surface area contributed by atoms with E-state index in [1.165, 1.54) is 30.5 Å². The lowest BCUT2D eigenvalue weighted by Crippen LogP contribution is -2.81. The van der Waals surface area contributed by atoms with Gasteiger partial charge in [-0.05, 0) is 47.7 Å². The van der Waals surface area contributed by atoms with Gasteiger partial charge in [0.15, 0.2) is 0 Å². The molecular formula is C27H29N3O6S. The fraction of sp³-hybridized carbons (Fsp3) is 0.370. The molecule has 0 saturated carbocycles. The second-order valence-electron chi connectivity index (χ2n) is 9.66. The molecule has 3 heterocycles. The molecule has 3 aromatic rings. The maximum Gasteiger partial charge on any atom is 0.354 e. The molecule has 194 valence electrons. The van der Waals surface area contributed by atoms with E-state index >= 15 is 0 Å². The van der Waals surface area contributed by atoms with E-state index in [4.69, 9.17) is 10.5 Å². The number of aromatic nitrogens is 1. The monoisotopic (exact) mass is 523 g/mol. The molecule has 1 fully saturated rings. The first kappa shape index (κ1) is 25.3. The number of esters is 1. The number of amides is 1. The molecule has 1 unspecified atom stereocenters. The third-order valence-corrected chi connectivity index (χ3v) is 8.70. The summed E-state index contributed by atoms with van der Waals surface area (Å²) < 4.78 is 7.31. The second-order valence-corrected chi connectivity index (χ2v) is 10.7. The molecule has 4 N–H and O–H groups in total. The fourth-order valence-corrected chi connectivity index (χ4v) is 6.69. The number of β-lactam (4-membered cyclic amide) rings is 1. The van der Waals surface area contributed by atoms with Crippen LogP contribution in [0.5, 0.6) is 0 Å². The Hall–Kier alpha value is -3.31. The Morgan fingerprint density at radius 1 is 1.24 bits per heavy atom. The predicted octanol–water partition coefficient (Wildman–Crippen LogP) is 1.63. The van der Waals surface area contributed by atoms with E-state index in [2.05, 4.69) is 0 Å². The topological polar surface area (TPSA) is 135 Å². The Morgan fingerprint density at radius 2 is 1.95 bits per heavy atom. The summed E-state index contributed by atoms with van der Waals surface area (Å²) in [5.41, 5.74) is 8.03. The summed E-state index contributed by atoms with van der Waals surface area (Å²) >= 11 is 1.27. The summed E-state index contributed by atoms with van der Waals surface area (Å²) in [6.07, 6.45) is -0.712. The molecule has 1 saturated heterocycles. The Morgan fingerprint density at radius 3 is 2.57 bits per heavy atom. The third kappa shape index (κ3) is 3.66. The third-order valence-electron chi connectivity index (χ3n) is 7.65. The van der Waals surface area contributed by atoms with Crippen LogP contribution >= 0.6 is 11.5 Å². The van der Waals surface area contributed by atoms with E-state index in [1.807, 2.05) is 49.4 Å². The van der Waals surface area contributed by atoms with E-state index in [1.54, 1.807) is 3.96 Å². The normalized spacial score (nSPS) is 23.8. The highest BCUT2D eigenvalue weighted by Crippen LogP contribution is 2.49. The molecule has 2 aliphatic heterocycles. The lowest BCUT2D eigenvalue weighted by molar-refractivity contribution is -0.167. The van der Waals surface area contributed by atoms with Gasteiger partial charge in [0.2, 0.25) is 0 Å². The van der Waals surface area contributed by atoms with E-state index in [0.29, 0.717) is 17.4 Å². The van der Waals surface area contributed by atoms with Gasteiger partial charge in [-0.15, -0.1) is 0 Å². The van der Waals surface area contributed by atoms with Crippen molar-refractivity contribution >= 4 is 33.5 Å². The number of benzene rings is 2. The minimum atomic E-state index is -1.52. The zero-order valence-electron chi connectivity index (χ0n) is 20.8. The van der Waals surface area contributed by atoms with Crippen molar-refractivity contribution in [3.05, 3.63) is 69.7 Å². The Labute approximate surface area is 217 Å². The zero-order valence-corrected chi connectivity index (χ0v) is 21.6. The van der Waals surface area contributed by atoms with Crippen LogP contribution in [0.4, 0.5) is 0 Å². The predicted molar refractivity (Wildman–Crippen MR) is 140 cm³/mol. The number of fused-ring (bicyclic) bond motifs is 2. The summed E-state index contributed by atoms with van der Waals surface area (Å²) in [5, 5.41) is 20.4. The van der Waals surface area contributed by atoms with Gasteiger partial charge in [0, 0.05) is 12.5 Å². The number of ether oxygens (including phenoxy) is 1. The van der Waals surface area contributed by atoms with Gasteiger partial charge in [-0.2, -0.15) is 0 Å². The molecule has 0 radical (unpaired) electrons. The van der Waals surface area contributed by atoms with Crippen molar-refractivity contribution in [1.29, 1.82) is 0 Å². The fourth-order valence-electron chi connectivity index (χ4n) is 5.65. The smallest absolute Gasteiger partial charge is 0.354 e. The number of hydrogen-bond acceptors (Lipinski definition) is 8. The molecule has 2 aliphatic rings. The molecule has 0 spiro atoms.